The number of nitrogen functional groups attached to an aromatic ring is 1. The summed E-state index contributed by atoms with van der Waals surface area (Å²) in [4.78, 5) is 52.7. The van der Waals surface area contributed by atoms with Crippen LogP contribution in [0.25, 0.3) is 0 Å². The van der Waals surface area contributed by atoms with E-state index >= 15 is 0 Å². The maximum absolute atomic E-state index is 12.7. The van der Waals surface area contributed by atoms with Gasteiger partial charge in [0.05, 0.1) is 12.2 Å². The lowest BCUT2D eigenvalue weighted by Crippen LogP contribution is -2.85. The number of nitrogens with one attached hydrogen (secondary N) is 1. The van der Waals surface area contributed by atoms with Gasteiger partial charge < -0.3 is 30.9 Å². The fourth-order valence-corrected chi connectivity index (χ4v) is 6.71. The number of carboxylic acids is 1. The van der Waals surface area contributed by atoms with Crippen LogP contribution in [-0.2, 0) is 33.8 Å². The van der Waals surface area contributed by atoms with E-state index in [0.29, 0.717) is 4.90 Å². The number of fused-ring (bicyclic) bond motifs is 3. The standard InChI is InChI=1S/C14H13N5O9S2/c15-13-16-5(2-29-13)7(18-25)9(21)17-8-10(22)19-11(8)30(26,27)3-4-1-6(20)28-14(4,19)12(23)24/h2,4,8,11,25H,1,3H2,(H2,15,16)(H,17,21)(H,23,24)/p-1/b18-7-/t4-,8+,11+,14+/m0/s1. The Morgan fingerprint density at radius 3 is 2.73 bits per heavy atom. The van der Waals surface area contributed by atoms with Gasteiger partial charge in [-0.2, -0.15) is 0 Å². The quantitative estimate of drug-likeness (QED) is 0.130. The Labute approximate surface area is 171 Å². The third-order valence-electron chi connectivity index (χ3n) is 5.10. The first kappa shape index (κ1) is 20.0. The van der Waals surface area contributed by atoms with Crippen LogP contribution in [0.15, 0.2) is 10.5 Å². The van der Waals surface area contributed by atoms with Gasteiger partial charge >= 0.3 is 5.97 Å². The molecule has 3 saturated heterocycles. The van der Waals surface area contributed by atoms with Crippen LogP contribution >= 0.6 is 11.3 Å². The first-order valence-electron chi connectivity index (χ1n) is 8.25. The summed E-state index contributed by atoms with van der Waals surface area (Å²) in [7, 11) is -4.16. The number of carbonyl (C=O) groups excluding carboxylic acids is 4. The Balaban J connectivity index is 1.65. The van der Waals surface area contributed by atoms with Gasteiger partial charge in [-0.1, -0.05) is 5.16 Å². The van der Waals surface area contributed by atoms with Gasteiger partial charge in [0.1, 0.15) is 17.7 Å². The Morgan fingerprint density at radius 1 is 1.47 bits per heavy atom. The predicted octanol–water partition coefficient (Wildman–Crippen LogP) is -4.01. The Morgan fingerprint density at radius 2 is 2.17 bits per heavy atom. The van der Waals surface area contributed by atoms with E-state index in [1.165, 1.54) is 5.38 Å². The summed E-state index contributed by atoms with van der Waals surface area (Å²) in [6.07, 6.45) is -0.521. The summed E-state index contributed by atoms with van der Waals surface area (Å²) in [6.45, 7) is 0. The molecule has 4 atom stereocenters. The number of ether oxygens (including phenoxy) is 1. The van der Waals surface area contributed by atoms with E-state index < -0.39 is 74.5 Å². The molecule has 3 fully saturated rings. The molecule has 3 aliphatic heterocycles. The van der Waals surface area contributed by atoms with E-state index in [1.54, 1.807) is 0 Å². The monoisotopic (exact) mass is 458 g/mol. The van der Waals surface area contributed by atoms with Crippen molar-refractivity contribution in [3.05, 3.63) is 11.1 Å². The minimum Gasteiger partial charge on any atom is -0.544 e. The molecular weight excluding hydrogens is 446 g/mol. The number of oxime groups is 1. The fourth-order valence-electron chi connectivity index (χ4n) is 3.88. The molecule has 30 heavy (non-hydrogen) atoms. The number of amides is 2. The predicted molar refractivity (Wildman–Crippen MR) is 93.1 cm³/mol. The summed E-state index contributed by atoms with van der Waals surface area (Å²) >= 11 is 0.939. The molecule has 1 aromatic rings. The van der Waals surface area contributed by atoms with E-state index in [9.17, 15) is 32.7 Å². The van der Waals surface area contributed by atoms with Crippen molar-refractivity contribution in [2.75, 3.05) is 11.5 Å². The zero-order valence-electron chi connectivity index (χ0n) is 14.7. The molecule has 4 N–H and O–H groups in total. The van der Waals surface area contributed by atoms with Crippen molar-refractivity contribution in [2.45, 2.75) is 23.6 Å². The van der Waals surface area contributed by atoms with Gasteiger partial charge in [0.25, 0.3) is 11.8 Å². The number of aromatic nitrogens is 1. The smallest absolute Gasteiger partial charge is 0.308 e. The van der Waals surface area contributed by atoms with Crippen molar-refractivity contribution in [3.8, 4) is 0 Å². The number of hydrogen-bond donors (Lipinski definition) is 3. The Hall–Kier alpha value is -3.27. The first-order chi connectivity index (χ1) is 14.0. The molecule has 2 amide bonds. The highest BCUT2D eigenvalue weighted by molar-refractivity contribution is 7.92. The number of β-lactam (4-membered cyclic amide) rings is 1. The number of carboxylic acid groups (broad SMARTS) is 1. The van der Waals surface area contributed by atoms with Crippen LogP contribution in [0.3, 0.4) is 0 Å². The molecule has 0 saturated carbocycles. The highest BCUT2D eigenvalue weighted by Gasteiger charge is 2.72. The number of nitrogens with zero attached hydrogens (tertiary/aromatic N) is 3. The van der Waals surface area contributed by atoms with Crippen molar-refractivity contribution in [1.29, 1.82) is 0 Å². The van der Waals surface area contributed by atoms with Crippen molar-refractivity contribution >= 4 is 55.8 Å². The third-order valence-corrected chi connectivity index (χ3v) is 7.86. The zero-order chi connectivity index (χ0) is 22.0. The number of carbonyl (C=O) groups is 4. The number of thiazole rings is 1. The van der Waals surface area contributed by atoms with Crippen molar-refractivity contribution in [1.82, 2.24) is 15.2 Å². The average molecular weight is 458 g/mol. The number of rotatable bonds is 4. The fraction of sp³-hybridized carbons (Fsp3) is 0.429. The summed E-state index contributed by atoms with van der Waals surface area (Å²) in [5.74, 6) is -7.30. The van der Waals surface area contributed by atoms with Gasteiger partial charge in [0, 0.05) is 11.3 Å². The van der Waals surface area contributed by atoms with E-state index in [-0.39, 0.29) is 10.8 Å². The molecule has 14 nitrogen and oxygen atoms in total. The van der Waals surface area contributed by atoms with Crippen LogP contribution in [0.1, 0.15) is 12.1 Å². The number of sulfone groups is 1. The number of hydrogen-bond acceptors (Lipinski definition) is 13. The zero-order valence-corrected chi connectivity index (χ0v) is 16.3. The lowest BCUT2D eigenvalue weighted by atomic mass is 9.89. The second-order valence-electron chi connectivity index (χ2n) is 6.76. The second kappa shape index (κ2) is 6.36. The minimum absolute atomic E-state index is 0.0599. The van der Waals surface area contributed by atoms with Crippen LogP contribution in [0.2, 0.25) is 0 Å². The molecular formula is C14H12N5O9S2-. The number of anilines is 1. The number of esters is 1. The number of nitrogens with two attached hydrogens (primary N) is 1. The number of aliphatic carboxylic acids is 1. The van der Waals surface area contributed by atoms with E-state index in [1.807, 2.05) is 0 Å². The van der Waals surface area contributed by atoms with Crippen LogP contribution in [0.5, 0.6) is 0 Å². The molecule has 3 aliphatic rings. The SMILES string of the molecule is Nc1nc(/C(=N/O)C(=O)N[C@@H]2C(=O)N3[C@@H]2S(=O)(=O)C[C@@H]2CC(=O)O[C@@]23C(=O)[O-])cs1. The second-order valence-corrected chi connectivity index (χ2v) is 9.79. The van der Waals surface area contributed by atoms with Crippen molar-refractivity contribution in [2.24, 2.45) is 11.1 Å². The molecule has 0 aliphatic carbocycles. The van der Waals surface area contributed by atoms with Crippen molar-refractivity contribution < 1.29 is 42.6 Å². The molecule has 0 radical (unpaired) electrons. The van der Waals surface area contributed by atoms with E-state index in [2.05, 4.69) is 15.5 Å². The van der Waals surface area contributed by atoms with Crippen molar-refractivity contribution in [3.63, 3.8) is 0 Å². The molecule has 4 heterocycles. The molecule has 0 spiro atoms. The molecule has 0 aromatic carbocycles. The maximum atomic E-state index is 12.7. The highest BCUT2D eigenvalue weighted by atomic mass is 32.2. The van der Waals surface area contributed by atoms with Crippen LogP contribution < -0.4 is 16.2 Å². The Kier molecular flexibility index (Phi) is 4.25. The van der Waals surface area contributed by atoms with Crippen LogP contribution in [-0.4, -0.2) is 75.9 Å². The molecule has 1 aromatic heterocycles. The lowest BCUT2D eigenvalue weighted by Gasteiger charge is -2.58. The maximum Gasteiger partial charge on any atom is 0.308 e. The van der Waals surface area contributed by atoms with E-state index in [0.717, 1.165) is 11.3 Å². The van der Waals surface area contributed by atoms with Gasteiger partial charge in [-0.05, 0) is 0 Å². The normalized spacial score (nSPS) is 31.9. The molecule has 4 rings (SSSR count). The van der Waals surface area contributed by atoms with E-state index in [4.69, 9.17) is 15.7 Å². The summed E-state index contributed by atoms with van der Waals surface area (Å²) < 4.78 is 30.2. The minimum atomic E-state index is -4.16. The van der Waals surface area contributed by atoms with Gasteiger partial charge in [0.2, 0.25) is 5.72 Å². The highest BCUT2D eigenvalue weighted by Crippen LogP contribution is 2.48. The molecule has 160 valence electrons. The van der Waals surface area contributed by atoms with Gasteiger partial charge in [-0.3, -0.25) is 19.3 Å². The summed E-state index contributed by atoms with van der Waals surface area (Å²) in [5, 5.41) is 25.3. The lowest BCUT2D eigenvalue weighted by molar-refractivity contribution is -0.340. The molecule has 0 bridgehead atoms. The largest absolute Gasteiger partial charge is 0.544 e. The first-order valence-corrected chi connectivity index (χ1v) is 10.8. The van der Waals surface area contributed by atoms with Gasteiger partial charge in [-0.15, -0.1) is 11.3 Å². The summed E-state index contributed by atoms with van der Waals surface area (Å²) in [6, 6.07) is -1.70. The van der Waals surface area contributed by atoms with Crippen LogP contribution in [0, 0.1) is 5.92 Å². The molecule has 0 unspecified atom stereocenters. The third kappa shape index (κ3) is 2.56. The summed E-state index contributed by atoms with van der Waals surface area (Å²) in [5.41, 5.74) is 2.13. The average Bonchev–Trinajstić information content (AvgIpc) is 3.21. The topological polar surface area (TPSA) is 221 Å². The van der Waals surface area contributed by atoms with Gasteiger partial charge in [-0.25, -0.2) is 13.4 Å². The van der Waals surface area contributed by atoms with Gasteiger partial charge in [0.15, 0.2) is 26.1 Å². The molecule has 16 heteroatoms. The Bertz CT molecular complexity index is 1130. The van der Waals surface area contributed by atoms with Crippen LogP contribution in [0.4, 0.5) is 5.13 Å².